The van der Waals surface area contributed by atoms with E-state index in [1.807, 2.05) is 0 Å². The number of oxazole rings is 1. The van der Waals surface area contributed by atoms with Crippen molar-refractivity contribution < 1.29 is 22.4 Å². The molecule has 0 amide bonds. The Labute approximate surface area is 143 Å². The first kappa shape index (κ1) is 16.9. The van der Waals surface area contributed by atoms with Gasteiger partial charge in [0.25, 0.3) is 0 Å². The third kappa shape index (κ3) is 3.27. The number of Topliss-reactive ketones (excluding diaryl/α,β-unsaturated/α-hetero) is 2. The first-order valence-electron chi connectivity index (χ1n) is 7.26. The lowest BCUT2D eigenvalue weighted by molar-refractivity contribution is -0.121. The minimum Gasteiger partial charge on any atom is -0.448 e. The lowest BCUT2D eigenvalue weighted by Crippen LogP contribution is -2.24. The molecule has 0 N–H and O–H groups in total. The number of halogens is 1. The lowest BCUT2D eigenvalue weighted by Gasteiger charge is -2.13. The Balaban J connectivity index is 2.00. The van der Waals surface area contributed by atoms with Crippen LogP contribution in [-0.4, -0.2) is 31.2 Å². The maximum atomic E-state index is 12.8. The molecule has 1 aliphatic rings. The summed E-state index contributed by atoms with van der Waals surface area (Å²) in [5, 5.41) is -0.0249. The summed E-state index contributed by atoms with van der Waals surface area (Å²) in [7, 11) is -3.44. The van der Waals surface area contributed by atoms with Crippen LogP contribution in [0, 0.1) is 5.92 Å². The molecule has 6 nitrogen and oxygen atoms in total. The van der Waals surface area contributed by atoms with Gasteiger partial charge in [-0.25, -0.2) is 13.4 Å². The van der Waals surface area contributed by atoms with Crippen LogP contribution in [0.25, 0.3) is 0 Å². The number of nitrogens with zero attached hydrogens (tertiary/aromatic N) is 1. The highest BCUT2D eigenvalue weighted by molar-refractivity contribution is 7.90. The van der Waals surface area contributed by atoms with Crippen LogP contribution in [0.5, 0.6) is 0 Å². The molecule has 2 aromatic rings. The van der Waals surface area contributed by atoms with Crippen LogP contribution >= 0.6 is 11.6 Å². The molecular formula is C16H14ClNO5S. The molecule has 1 aliphatic carbocycles. The summed E-state index contributed by atoms with van der Waals surface area (Å²) in [5.41, 5.74) is 0.0706. The predicted molar refractivity (Wildman–Crippen MR) is 85.9 cm³/mol. The first-order chi connectivity index (χ1) is 11.3. The second kappa shape index (κ2) is 6.14. The molecule has 3 rings (SSSR count). The Bertz CT molecular complexity index is 901. The number of aromatic nitrogens is 1. The van der Waals surface area contributed by atoms with Crippen LogP contribution in [0.1, 0.15) is 35.0 Å². The summed E-state index contributed by atoms with van der Waals surface area (Å²) in [4.78, 5) is 29.3. The molecule has 1 aromatic heterocycles. The van der Waals surface area contributed by atoms with Gasteiger partial charge >= 0.3 is 0 Å². The van der Waals surface area contributed by atoms with Gasteiger partial charge < -0.3 is 4.42 Å². The molecule has 0 saturated heterocycles. The molecule has 1 heterocycles. The summed E-state index contributed by atoms with van der Waals surface area (Å²) >= 11 is 6.09. The van der Waals surface area contributed by atoms with E-state index in [1.165, 1.54) is 30.7 Å². The van der Waals surface area contributed by atoms with Gasteiger partial charge in [0, 0.05) is 17.7 Å². The highest BCUT2D eigenvalue weighted by Gasteiger charge is 2.42. The molecule has 0 spiro atoms. The van der Waals surface area contributed by atoms with E-state index in [1.54, 1.807) is 0 Å². The summed E-state index contributed by atoms with van der Waals surface area (Å²) in [6, 6.07) is 3.82. The van der Waals surface area contributed by atoms with Crippen molar-refractivity contribution in [3.63, 3.8) is 0 Å². The largest absolute Gasteiger partial charge is 0.448 e. The van der Waals surface area contributed by atoms with Gasteiger partial charge in [-0.2, -0.15) is 0 Å². The minimum atomic E-state index is -3.44. The summed E-state index contributed by atoms with van der Waals surface area (Å²) in [5.74, 6) is -2.08. The van der Waals surface area contributed by atoms with E-state index in [0.717, 1.165) is 19.1 Å². The van der Waals surface area contributed by atoms with Gasteiger partial charge in [0.2, 0.25) is 5.89 Å². The number of carbonyl (C=O) groups is 2. The van der Waals surface area contributed by atoms with Crippen molar-refractivity contribution in [3.8, 4) is 0 Å². The fourth-order valence-corrected chi connectivity index (χ4v) is 3.41. The Hall–Kier alpha value is -1.99. The summed E-state index contributed by atoms with van der Waals surface area (Å²) in [6.07, 6.45) is 5.19. The Kier molecular flexibility index (Phi) is 4.31. The predicted octanol–water partition coefficient (Wildman–Crippen LogP) is 2.68. The molecule has 8 heteroatoms. The smallest absolute Gasteiger partial charge is 0.212 e. The van der Waals surface area contributed by atoms with Crippen LogP contribution in [0.3, 0.4) is 0 Å². The highest BCUT2D eigenvalue weighted by Crippen LogP contribution is 2.37. The number of rotatable bonds is 6. The average Bonchev–Trinajstić information content (AvgIpc) is 3.23. The van der Waals surface area contributed by atoms with Gasteiger partial charge in [-0.3, -0.25) is 9.59 Å². The normalized spacial score (nSPS) is 15.9. The van der Waals surface area contributed by atoms with E-state index < -0.39 is 21.5 Å². The van der Waals surface area contributed by atoms with E-state index in [4.69, 9.17) is 16.0 Å². The molecule has 1 saturated carbocycles. The zero-order valence-corrected chi connectivity index (χ0v) is 14.3. The zero-order valence-electron chi connectivity index (χ0n) is 12.7. The monoisotopic (exact) mass is 367 g/mol. The van der Waals surface area contributed by atoms with E-state index in [0.29, 0.717) is 0 Å². The van der Waals surface area contributed by atoms with E-state index in [2.05, 4.69) is 4.98 Å². The average molecular weight is 368 g/mol. The molecule has 1 aromatic carbocycles. The number of carbonyl (C=O) groups excluding carboxylic acids is 2. The van der Waals surface area contributed by atoms with Crippen LogP contribution in [-0.2, 0) is 14.6 Å². The minimum absolute atomic E-state index is 0.00485. The van der Waals surface area contributed by atoms with Crippen LogP contribution in [0.15, 0.2) is 40.0 Å². The number of hydrogen-bond donors (Lipinski definition) is 0. The fraction of sp³-hybridized carbons (Fsp3) is 0.312. The van der Waals surface area contributed by atoms with Gasteiger partial charge in [0.1, 0.15) is 6.26 Å². The number of hydrogen-bond acceptors (Lipinski definition) is 6. The van der Waals surface area contributed by atoms with E-state index >= 15 is 0 Å². The van der Waals surface area contributed by atoms with Crippen LogP contribution < -0.4 is 0 Å². The fourth-order valence-electron chi connectivity index (χ4n) is 2.43. The molecule has 1 fully saturated rings. The van der Waals surface area contributed by atoms with Crippen molar-refractivity contribution in [2.45, 2.75) is 23.7 Å². The quantitative estimate of drug-likeness (QED) is 0.575. The van der Waals surface area contributed by atoms with Crippen molar-refractivity contribution in [2.75, 3.05) is 6.26 Å². The Morgan fingerprint density at radius 1 is 1.33 bits per heavy atom. The van der Waals surface area contributed by atoms with Crippen molar-refractivity contribution in [1.82, 2.24) is 4.98 Å². The molecule has 126 valence electrons. The third-order valence-electron chi connectivity index (χ3n) is 3.86. The van der Waals surface area contributed by atoms with E-state index in [9.17, 15) is 18.0 Å². The number of benzene rings is 1. The van der Waals surface area contributed by atoms with Crippen molar-refractivity contribution in [3.05, 3.63) is 47.1 Å². The van der Waals surface area contributed by atoms with Crippen LogP contribution in [0.4, 0.5) is 0 Å². The second-order valence-electron chi connectivity index (χ2n) is 5.76. The lowest BCUT2D eigenvalue weighted by atomic mass is 9.91. The molecule has 0 radical (unpaired) electrons. The third-order valence-corrected chi connectivity index (χ3v) is 5.28. The molecule has 0 bridgehead atoms. The Morgan fingerprint density at radius 2 is 2.04 bits per heavy atom. The molecule has 1 unspecified atom stereocenters. The molecular weight excluding hydrogens is 354 g/mol. The SMILES string of the molecule is CS(=O)(=O)c1ccc(C(=O)C(C(=O)C2CC2)c2ncco2)c(Cl)c1. The maximum Gasteiger partial charge on any atom is 0.212 e. The Morgan fingerprint density at radius 3 is 2.54 bits per heavy atom. The first-order valence-corrected chi connectivity index (χ1v) is 9.53. The van der Waals surface area contributed by atoms with Crippen molar-refractivity contribution in [2.24, 2.45) is 5.92 Å². The van der Waals surface area contributed by atoms with E-state index in [-0.39, 0.29) is 33.1 Å². The van der Waals surface area contributed by atoms with Gasteiger partial charge in [-0.1, -0.05) is 11.6 Å². The second-order valence-corrected chi connectivity index (χ2v) is 8.18. The maximum absolute atomic E-state index is 12.8. The van der Waals surface area contributed by atoms with Gasteiger partial charge in [0.15, 0.2) is 27.3 Å². The van der Waals surface area contributed by atoms with Crippen molar-refractivity contribution in [1.29, 1.82) is 0 Å². The zero-order chi connectivity index (χ0) is 17.5. The molecule has 24 heavy (non-hydrogen) atoms. The topological polar surface area (TPSA) is 94.3 Å². The summed E-state index contributed by atoms with van der Waals surface area (Å²) in [6.45, 7) is 0. The standard InChI is InChI=1S/C16H14ClNO5S/c1-24(21,22)10-4-5-11(12(17)8-10)15(20)13(14(19)9-2-3-9)16-18-6-7-23-16/h4-9,13H,2-3H2,1H3. The molecule has 1 atom stereocenters. The van der Waals surface area contributed by atoms with Crippen molar-refractivity contribution >= 4 is 33.0 Å². The van der Waals surface area contributed by atoms with Gasteiger partial charge in [0.05, 0.1) is 16.1 Å². The highest BCUT2D eigenvalue weighted by atomic mass is 35.5. The van der Waals surface area contributed by atoms with Crippen LogP contribution in [0.2, 0.25) is 5.02 Å². The summed E-state index contributed by atoms with van der Waals surface area (Å²) < 4.78 is 28.3. The number of ketones is 2. The van der Waals surface area contributed by atoms with Gasteiger partial charge in [-0.15, -0.1) is 0 Å². The number of sulfone groups is 1. The van der Waals surface area contributed by atoms with Gasteiger partial charge in [-0.05, 0) is 31.0 Å². The molecule has 0 aliphatic heterocycles.